The van der Waals surface area contributed by atoms with Crippen molar-refractivity contribution in [1.82, 2.24) is 9.88 Å². The number of aliphatic hydroxyl groups is 1. The number of nitrogens with one attached hydrogen (secondary N) is 1. The largest absolute Gasteiger partial charge is 0.387 e. The van der Waals surface area contributed by atoms with Gasteiger partial charge in [0.25, 0.3) is 11.5 Å². The average molecular weight is 417 g/mol. The molecule has 3 unspecified atom stereocenters. The molecule has 3 atom stereocenters. The number of alkyl halides is 1. The lowest BCUT2D eigenvalue weighted by molar-refractivity contribution is -0.172. The number of primary amides is 1. The molecule has 2 aliphatic carbocycles. The molecular weight excluding hydrogens is 389 g/mol. The number of Topliss-reactive ketones (excluding diaryl/α,β-unsaturated/α-hetero) is 1. The molecular formula is C22H28FN3O4. The van der Waals surface area contributed by atoms with Crippen LogP contribution in [-0.2, 0) is 17.6 Å². The molecule has 1 aliphatic heterocycles. The van der Waals surface area contributed by atoms with Crippen molar-refractivity contribution in [2.75, 3.05) is 19.8 Å². The molecule has 4 N–H and O–H groups in total. The molecule has 8 heteroatoms. The fourth-order valence-electron chi connectivity index (χ4n) is 6.14. The van der Waals surface area contributed by atoms with Crippen LogP contribution in [0.4, 0.5) is 4.39 Å². The van der Waals surface area contributed by atoms with Gasteiger partial charge in [0.15, 0.2) is 0 Å². The fourth-order valence-corrected chi connectivity index (χ4v) is 6.14. The van der Waals surface area contributed by atoms with Crippen LogP contribution in [0.2, 0.25) is 0 Å². The number of carbonyl (C=O) groups is 2. The van der Waals surface area contributed by atoms with Gasteiger partial charge >= 0.3 is 0 Å². The quantitative estimate of drug-likeness (QED) is 0.619. The van der Waals surface area contributed by atoms with E-state index in [0.29, 0.717) is 37.1 Å². The Morgan fingerprint density at radius 1 is 1.40 bits per heavy atom. The van der Waals surface area contributed by atoms with E-state index < -0.39 is 29.2 Å². The molecule has 2 bridgehead atoms. The highest BCUT2D eigenvalue weighted by molar-refractivity contribution is 5.92. The minimum Gasteiger partial charge on any atom is -0.387 e. The van der Waals surface area contributed by atoms with Gasteiger partial charge in [0.2, 0.25) is 0 Å². The van der Waals surface area contributed by atoms with Gasteiger partial charge in [0.1, 0.15) is 18.0 Å². The Morgan fingerprint density at radius 2 is 2.13 bits per heavy atom. The number of nitrogens with two attached hydrogens (primary N) is 1. The molecule has 1 fully saturated rings. The Labute approximate surface area is 174 Å². The second kappa shape index (κ2) is 7.13. The van der Waals surface area contributed by atoms with Crippen LogP contribution in [0.5, 0.6) is 0 Å². The molecule has 2 heterocycles. The van der Waals surface area contributed by atoms with Gasteiger partial charge in [-0.05, 0) is 44.9 Å². The summed E-state index contributed by atoms with van der Waals surface area (Å²) in [6.45, 7) is 3.88. The first-order valence-corrected chi connectivity index (χ1v) is 10.4. The molecule has 0 spiro atoms. The van der Waals surface area contributed by atoms with Gasteiger partial charge < -0.3 is 15.8 Å². The van der Waals surface area contributed by atoms with Gasteiger partial charge in [-0.1, -0.05) is 11.1 Å². The Bertz CT molecular complexity index is 1020. The SMILES string of the molecule is CC(=O)CC1=C(C)CC2N(CCF)CCC13Cc1[nH]c(=O)c(C(N)=O)cc1CC23O. The highest BCUT2D eigenvalue weighted by Crippen LogP contribution is 2.60. The van der Waals surface area contributed by atoms with E-state index in [0.717, 1.165) is 11.1 Å². The van der Waals surface area contributed by atoms with E-state index in [9.17, 15) is 23.9 Å². The second-order valence-corrected chi connectivity index (χ2v) is 9.07. The highest BCUT2D eigenvalue weighted by atomic mass is 19.1. The van der Waals surface area contributed by atoms with Crippen molar-refractivity contribution in [3.05, 3.63) is 44.4 Å². The van der Waals surface area contributed by atoms with Crippen molar-refractivity contribution >= 4 is 11.7 Å². The summed E-state index contributed by atoms with van der Waals surface area (Å²) in [6, 6.07) is 1.18. The zero-order valence-electron chi connectivity index (χ0n) is 17.4. The molecule has 3 aliphatic rings. The number of hydrogen-bond donors (Lipinski definition) is 3. The number of fused-ring (bicyclic) bond motifs is 1. The third-order valence-electron chi connectivity index (χ3n) is 7.46. The third-order valence-corrected chi connectivity index (χ3v) is 7.46. The molecule has 1 saturated heterocycles. The maximum atomic E-state index is 13.2. The molecule has 1 aromatic rings. The average Bonchev–Trinajstić information content (AvgIpc) is 2.65. The van der Waals surface area contributed by atoms with Gasteiger partial charge in [-0.15, -0.1) is 0 Å². The number of halogens is 1. The number of carbonyl (C=O) groups excluding carboxylic acids is 2. The van der Waals surface area contributed by atoms with E-state index in [2.05, 4.69) is 4.98 Å². The summed E-state index contributed by atoms with van der Waals surface area (Å²) >= 11 is 0. The smallest absolute Gasteiger partial charge is 0.261 e. The molecule has 162 valence electrons. The topological polar surface area (TPSA) is 116 Å². The van der Waals surface area contributed by atoms with Gasteiger partial charge in [-0.25, -0.2) is 4.39 Å². The first kappa shape index (κ1) is 20.9. The van der Waals surface area contributed by atoms with Gasteiger partial charge in [0.05, 0.1) is 5.60 Å². The number of H-pyrrole nitrogens is 1. The van der Waals surface area contributed by atoms with Crippen molar-refractivity contribution in [2.24, 2.45) is 11.1 Å². The summed E-state index contributed by atoms with van der Waals surface area (Å²) in [4.78, 5) is 40.9. The molecule has 1 amide bonds. The lowest BCUT2D eigenvalue weighted by atomic mass is 9.48. The maximum absolute atomic E-state index is 13.2. The van der Waals surface area contributed by atoms with E-state index >= 15 is 0 Å². The van der Waals surface area contributed by atoms with Crippen molar-refractivity contribution in [3.63, 3.8) is 0 Å². The number of aromatic nitrogens is 1. The maximum Gasteiger partial charge on any atom is 0.261 e. The van der Waals surface area contributed by atoms with Gasteiger partial charge in [0, 0.05) is 43.0 Å². The van der Waals surface area contributed by atoms with Crippen molar-refractivity contribution in [2.45, 2.75) is 57.6 Å². The lowest BCUT2D eigenvalue weighted by Crippen LogP contribution is -2.72. The summed E-state index contributed by atoms with van der Waals surface area (Å²) in [6.07, 6.45) is 1.96. The summed E-state index contributed by atoms with van der Waals surface area (Å²) in [5, 5.41) is 12.2. The van der Waals surface area contributed by atoms with Crippen LogP contribution in [0.15, 0.2) is 22.0 Å². The second-order valence-electron chi connectivity index (χ2n) is 9.07. The van der Waals surface area contributed by atoms with Crippen LogP contribution in [0.1, 0.15) is 54.7 Å². The van der Waals surface area contributed by atoms with E-state index in [1.807, 2.05) is 11.8 Å². The molecule has 0 aromatic carbocycles. The molecule has 4 rings (SSSR count). The molecule has 7 nitrogen and oxygen atoms in total. The molecule has 0 radical (unpaired) electrons. The summed E-state index contributed by atoms with van der Waals surface area (Å²) in [7, 11) is 0. The number of aromatic amines is 1. The lowest BCUT2D eigenvalue weighted by Gasteiger charge is -2.64. The standard InChI is InChI=1S/C22H28FN3O4/c1-12-7-18-22(30)10-14-9-15(19(24)28)20(29)25-17(14)11-21(22,16(12)8-13(2)27)3-5-26(18)6-4-23/h9,18,30H,3-8,10-11H2,1-2H3,(H2,24,28)(H,25,29). The van der Waals surface area contributed by atoms with E-state index in [1.165, 1.54) is 13.0 Å². The van der Waals surface area contributed by atoms with E-state index in [4.69, 9.17) is 5.73 Å². The Balaban J connectivity index is 1.92. The molecule has 30 heavy (non-hydrogen) atoms. The summed E-state index contributed by atoms with van der Waals surface area (Å²) in [5.74, 6) is -0.795. The molecule has 1 aromatic heterocycles. The zero-order valence-corrected chi connectivity index (χ0v) is 17.4. The summed E-state index contributed by atoms with van der Waals surface area (Å²) in [5.41, 5.74) is 6.08. The van der Waals surface area contributed by atoms with Crippen molar-refractivity contribution in [1.29, 1.82) is 0 Å². The first-order chi connectivity index (χ1) is 14.1. The summed E-state index contributed by atoms with van der Waals surface area (Å²) < 4.78 is 13.2. The molecule has 0 saturated carbocycles. The number of likely N-dealkylation sites (tertiary alicyclic amines) is 1. The van der Waals surface area contributed by atoms with Crippen LogP contribution < -0.4 is 11.3 Å². The number of ketones is 1. The van der Waals surface area contributed by atoms with Crippen LogP contribution in [0.3, 0.4) is 0 Å². The zero-order chi connectivity index (χ0) is 21.8. The first-order valence-electron chi connectivity index (χ1n) is 10.4. The number of rotatable bonds is 5. The fraction of sp³-hybridized carbons (Fsp3) is 0.591. The predicted molar refractivity (Wildman–Crippen MR) is 109 cm³/mol. The number of pyridine rings is 1. The number of nitrogens with zero attached hydrogens (tertiary/aromatic N) is 1. The van der Waals surface area contributed by atoms with Crippen molar-refractivity contribution < 1.29 is 19.1 Å². The van der Waals surface area contributed by atoms with Crippen LogP contribution in [0, 0.1) is 5.41 Å². The van der Waals surface area contributed by atoms with Gasteiger partial charge in [-0.3, -0.25) is 19.3 Å². The monoisotopic (exact) mass is 417 g/mol. The van der Waals surface area contributed by atoms with E-state index in [1.54, 1.807) is 0 Å². The Morgan fingerprint density at radius 3 is 2.77 bits per heavy atom. The Kier molecular flexibility index (Phi) is 4.97. The van der Waals surface area contributed by atoms with Crippen molar-refractivity contribution in [3.8, 4) is 0 Å². The van der Waals surface area contributed by atoms with Crippen LogP contribution >= 0.6 is 0 Å². The highest BCUT2D eigenvalue weighted by Gasteiger charge is 2.64. The van der Waals surface area contributed by atoms with Crippen LogP contribution in [-0.4, -0.2) is 58.1 Å². The Hall–Kier alpha value is -2.32. The number of amides is 1. The van der Waals surface area contributed by atoms with Gasteiger partial charge in [-0.2, -0.15) is 0 Å². The number of hydrogen-bond acceptors (Lipinski definition) is 5. The normalized spacial score (nSPS) is 30.6. The van der Waals surface area contributed by atoms with Crippen LogP contribution in [0.25, 0.3) is 0 Å². The third kappa shape index (κ3) is 2.88. The minimum absolute atomic E-state index is 0.0223. The minimum atomic E-state index is -1.23. The predicted octanol–water partition coefficient (Wildman–Crippen LogP) is 1.03. The number of piperidine rings is 1. The van der Waals surface area contributed by atoms with E-state index in [-0.39, 0.29) is 36.8 Å².